The molecule has 230 valence electrons. The van der Waals surface area contributed by atoms with Crippen LogP contribution in [-0.4, -0.2) is 35.2 Å². The number of carbonyl (C=O) groups excluding carboxylic acids is 4. The first kappa shape index (κ1) is 30.4. The minimum atomic E-state index is -0.544. The fourth-order valence-electron chi connectivity index (χ4n) is 5.05. The number of amides is 2. The molecule has 3 aromatic rings. The summed E-state index contributed by atoms with van der Waals surface area (Å²) >= 11 is 5.02. The number of carbonyl (C=O) groups is 4. The Kier molecular flexibility index (Phi) is 7.83. The number of thioether (sulfide) groups is 4. The number of hydrazone groups is 2. The van der Waals surface area contributed by atoms with Crippen molar-refractivity contribution in [2.75, 3.05) is 10.0 Å². The fourth-order valence-corrected chi connectivity index (χ4v) is 10.8. The Balaban J connectivity index is 1.33. The number of para-hydroxylation sites is 2. The van der Waals surface area contributed by atoms with Crippen molar-refractivity contribution >= 4 is 93.6 Å². The first-order valence-corrected chi connectivity index (χ1v) is 17.1. The molecule has 0 bridgehead atoms. The summed E-state index contributed by atoms with van der Waals surface area (Å²) in [6.07, 6.45) is 0. The molecular weight excluding hydrogens is 665 g/mol. The fraction of sp³-hybridized carbons (Fsp3) is 0.125. The van der Waals surface area contributed by atoms with Crippen LogP contribution in [0.3, 0.4) is 0 Å². The molecule has 0 fully saturated rings. The van der Waals surface area contributed by atoms with E-state index in [0.717, 1.165) is 0 Å². The van der Waals surface area contributed by atoms with Gasteiger partial charge in [0.25, 0.3) is 11.8 Å². The highest BCUT2D eigenvalue weighted by molar-refractivity contribution is 8.26. The zero-order chi connectivity index (χ0) is 32.3. The Morgan fingerprint density at radius 1 is 0.587 bits per heavy atom. The van der Waals surface area contributed by atoms with E-state index in [0.29, 0.717) is 62.0 Å². The van der Waals surface area contributed by atoms with Gasteiger partial charge in [-0.25, -0.2) is 0 Å². The van der Waals surface area contributed by atoms with E-state index in [4.69, 9.17) is 9.47 Å². The maximum atomic E-state index is 13.7. The van der Waals surface area contributed by atoms with Crippen LogP contribution in [0.2, 0.25) is 0 Å². The quantitative estimate of drug-likeness (QED) is 0.158. The van der Waals surface area contributed by atoms with Gasteiger partial charge in [-0.2, -0.15) is 20.2 Å². The van der Waals surface area contributed by atoms with Gasteiger partial charge in [-0.1, -0.05) is 83.4 Å². The lowest BCUT2D eigenvalue weighted by Gasteiger charge is -2.15. The molecule has 2 amide bonds. The monoisotopic (exact) mass is 686 g/mol. The number of ether oxygens (including phenoxy) is 2. The average molecular weight is 687 g/mol. The molecule has 46 heavy (non-hydrogen) atoms. The molecule has 4 aliphatic rings. The van der Waals surface area contributed by atoms with Gasteiger partial charge in [0.15, 0.2) is 11.5 Å². The summed E-state index contributed by atoms with van der Waals surface area (Å²) < 4.78 is 12.9. The second-order valence-corrected chi connectivity index (χ2v) is 14.8. The van der Waals surface area contributed by atoms with E-state index < -0.39 is 11.9 Å². The molecule has 0 atom stereocenters. The summed E-state index contributed by atoms with van der Waals surface area (Å²) in [6, 6.07) is 18.2. The molecule has 0 N–H and O–H groups in total. The van der Waals surface area contributed by atoms with Gasteiger partial charge in [-0.05, 0) is 38.1 Å². The van der Waals surface area contributed by atoms with Crippen molar-refractivity contribution < 1.29 is 28.7 Å². The Morgan fingerprint density at radius 3 is 1.22 bits per heavy atom. The summed E-state index contributed by atoms with van der Waals surface area (Å²) in [4.78, 5) is 54.3. The van der Waals surface area contributed by atoms with Crippen molar-refractivity contribution in [3.05, 3.63) is 80.3 Å². The molecule has 0 aromatic heterocycles. The summed E-state index contributed by atoms with van der Waals surface area (Å²) in [5.74, 6) is -1.13. The smallest absolute Gasteiger partial charge is 0.308 e. The Labute approximate surface area is 280 Å². The largest absolute Gasteiger partial charge is 0.424 e. The third-order valence-electron chi connectivity index (χ3n) is 6.95. The van der Waals surface area contributed by atoms with E-state index >= 15 is 0 Å². The highest BCUT2D eigenvalue weighted by atomic mass is 32.2. The van der Waals surface area contributed by atoms with Gasteiger partial charge < -0.3 is 9.47 Å². The molecule has 7 rings (SSSR count). The molecule has 14 heteroatoms. The zero-order valence-corrected chi connectivity index (χ0v) is 27.9. The molecular formula is C32H22N4O6S4. The van der Waals surface area contributed by atoms with Gasteiger partial charge in [0.1, 0.15) is 0 Å². The van der Waals surface area contributed by atoms with Crippen LogP contribution in [0.4, 0.5) is 11.4 Å². The van der Waals surface area contributed by atoms with Crippen LogP contribution in [0.15, 0.2) is 110 Å². The highest BCUT2D eigenvalue weighted by Crippen LogP contribution is 2.68. The standard InChI is InChI=1S/C32H22N4O6S4/c1-15-21(29(39)35(33-15)19-11-7-5-8-12-19)31-43-25-23(41-17(3)37)27-28(24(26(25)44-31)42-18(4)38)46-32(45-27)22-16(2)34-36(30(22)40)20-13-9-6-10-14-20/h5-14H,1-4H3. The maximum absolute atomic E-state index is 13.7. The average Bonchev–Trinajstić information content (AvgIpc) is 3.79. The predicted octanol–water partition coefficient (Wildman–Crippen LogP) is 7.20. The Bertz CT molecular complexity index is 1840. The molecule has 0 aliphatic carbocycles. The van der Waals surface area contributed by atoms with Gasteiger partial charge in [-0.15, -0.1) is 0 Å². The Morgan fingerprint density at radius 2 is 0.913 bits per heavy atom. The molecule has 10 nitrogen and oxygen atoms in total. The summed E-state index contributed by atoms with van der Waals surface area (Å²) in [5.41, 5.74) is 3.14. The lowest BCUT2D eigenvalue weighted by molar-refractivity contribution is -0.133. The molecule has 0 spiro atoms. The van der Waals surface area contributed by atoms with Crippen molar-refractivity contribution in [3.63, 3.8) is 0 Å². The SMILES string of the molecule is CC(=O)Oc1c2c(c(OC(C)=O)c3c1SC(=C1C(=O)N(c4ccccc4)N=C1C)S3)SC(=C1C(=O)N(c3ccccc3)N=C1C)S2. The van der Waals surface area contributed by atoms with Gasteiger partial charge >= 0.3 is 11.9 Å². The first-order valence-electron chi connectivity index (χ1n) is 13.8. The van der Waals surface area contributed by atoms with Crippen LogP contribution < -0.4 is 19.5 Å². The number of rotatable bonds is 4. The van der Waals surface area contributed by atoms with E-state index in [1.54, 1.807) is 38.1 Å². The van der Waals surface area contributed by atoms with Gasteiger partial charge in [0, 0.05) is 13.8 Å². The lowest BCUT2D eigenvalue weighted by Crippen LogP contribution is -2.21. The summed E-state index contributed by atoms with van der Waals surface area (Å²) in [5, 5.41) is 11.7. The summed E-state index contributed by atoms with van der Waals surface area (Å²) in [7, 11) is 0. The number of nitrogens with zero attached hydrogens (tertiary/aromatic N) is 4. The molecule has 0 radical (unpaired) electrons. The van der Waals surface area contributed by atoms with E-state index in [-0.39, 0.29) is 23.3 Å². The van der Waals surface area contributed by atoms with E-state index in [1.807, 2.05) is 36.4 Å². The molecule has 0 saturated heterocycles. The first-order chi connectivity index (χ1) is 22.1. The minimum absolute atomic E-state index is 0.273. The minimum Gasteiger partial charge on any atom is -0.424 e. The van der Waals surface area contributed by atoms with Crippen LogP contribution in [0.5, 0.6) is 11.5 Å². The van der Waals surface area contributed by atoms with Crippen LogP contribution in [-0.2, 0) is 19.2 Å². The maximum Gasteiger partial charge on any atom is 0.308 e. The number of fused-ring (bicyclic) bond motifs is 2. The van der Waals surface area contributed by atoms with Crippen LogP contribution in [0.25, 0.3) is 0 Å². The van der Waals surface area contributed by atoms with Crippen LogP contribution >= 0.6 is 47.0 Å². The molecule has 0 saturated carbocycles. The van der Waals surface area contributed by atoms with Crippen molar-refractivity contribution in [1.29, 1.82) is 0 Å². The summed E-state index contributed by atoms with van der Waals surface area (Å²) in [6.45, 7) is 6.14. The predicted molar refractivity (Wildman–Crippen MR) is 181 cm³/mol. The van der Waals surface area contributed by atoms with Crippen LogP contribution in [0.1, 0.15) is 27.7 Å². The topological polar surface area (TPSA) is 118 Å². The van der Waals surface area contributed by atoms with Gasteiger partial charge in [0.2, 0.25) is 0 Å². The zero-order valence-electron chi connectivity index (χ0n) is 24.6. The number of hydrogen-bond acceptors (Lipinski definition) is 12. The molecule has 4 heterocycles. The van der Waals surface area contributed by atoms with Gasteiger partial charge in [0.05, 0.1) is 62.0 Å². The van der Waals surface area contributed by atoms with E-state index in [9.17, 15) is 19.2 Å². The number of hydrogen-bond donors (Lipinski definition) is 0. The van der Waals surface area contributed by atoms with E-state index in [1.165, 1.54) is 70.9 Å². The molecule has 3 aromatic carbocycles. The van der Waals surface area contributed by atoms with Crippen molar-refractivity contribution in [1.82, 2.24) is 0 Å². The number of benzene rings is 3. The molecule has 4 aliphatic heterocycles. The number of esters is 2. The number of anilines is 2. The second-order valence-electron chi connectivity index (χ2n) is 10.2. The normalized spacial score (nSPS) is 17.0. The van der Waals surface area contributed by atoms with Gasteiger partial charge in [-0.3, -0.25) is 19.2 Å². The van der Waals surface area contributed by atoms with Crippen molar-refractivity contribution in [2.24, 2.45) is 10.2 Å². The lowest BCUT2D eigenvalue weighted by atomic mass is 10.2. The van der Waals surface area contributed by atoms with E-state index in [2.05, 4.69) is 10.2 Å². The second kappa shape index (κ2) is 11.8. The third-order valence-corrected chi connectivity index (χ3v) is 12.1. The van der Waals surface area contributed by atoms with Crippen LogP contribution in [0, 0.1) is 0 Å². The molecule has 0 unspecified atom stereocenters. The highest BCUT2D eigenvalue weighted by Gasteiger charge is 2.43. The third kappa shape index (κ3) is 5.14. The van der Waals surface area contributed by atoms with Crippen molar-refractivity contribution in [2.45, 2.75) is 47.3 Å². The van der Waals surface area contributed by atoms with Crippen molar-refractivity contribution in [3.8, 4) is 11.5 Å². The Hall–Kier alpha value is -4.24.